The first-order valence-corrected chi connectivity index (χ1v) is 7.01. The van der Waals surface area contributed by atoms with Gasteiger partial charge in [0, 0.05) is 23.8 Å². The number of benzene rings is 2. The monoisotopic (exact) mass is 279 g/mol. The van der Waals surface area contributed by atoms with Crippen molar-refractivity contribution in [3.8, 4) is 11.5 Å². The molecule has 3 rings (SSSR count). The van der Waals surface area contributed by atoms with E-state index in [2.05, 4.69) is 4.98 Å². The fraction of sp³-hybridized carbons (Fsp3) is 0.167. The third-order valence-electron chi connectivity index (χ3n) is 3.38. The number of aliphatic hydroxyl groups is 1. The molecule has 106 valence electrons. The molecule has 3 aromatic rings. The van der Waals surface area contributed by atoms with Gasteiger partial charge in [-0.2, -0.15) is 0 Å². The van der Waals surface area contributed by atoms with E-state index in [0.717, 1.165) is 33.7 Å². The number of para-hydroxylation sites is 2. The van der Waals surface area contributed by atoms with Crippen LogP contribution in [0.2, 0.25) is 0 Å². The highest BCUT2D eigenvalue weighted by molar-refractivity contribution is 5.85. The molecule has 0 spiro atoms. The first kappa shape index (κ1) is 13.6. The highest BCUT2D eigenvalue weighted by Crippen LogP contribution is 2.31. The van der Waals surface area contributed by atoms with Gasteiger partial charge in [0.15, 0.2) is 0 Å². The molecule has 0 fully saturated rings. The van der Waals surface area contributed by atoms with Crippen LogP contribution in [0.25, 0.3) is 10.9 Å². The standard InChI is InChI=1S/C18H17NO2/c1-13-12-18(15-7-3-4-8-16(15)19-13)21-17-9-5-2-6-14(17)10-11-20/h2-9,12,20H,10-11H2,1H3. The van der Waals surface area contributed by atoms with Crippen molar-refractivity contribution in [2.75, 3.05) is 6.61 Å². The van der Waals surface area contributed by atoms with Crippen molar-refractivity contribution in [3.05, 3.63) is 65.9 Å². The summed E-state index contributed by atoms with van der Waals surface area (Å²) < 4.78 is 6.11. The summed E-state index contributed by atoms with van der Waals surface area (Å²) in [6, 6.07) is 17.7. The Kier molecular flexibility index (Phi) is 3.84. The fourth-order valence-electron chi connectivity index (χ4n) is 2.40. The lowest BCUT2D eigenvalue weighted by atomic mass is 10.1. The fourth-order valence-corrected chi connectivity index (χ4v) is 2.40. The van der Waals surface area contributed by atoms with Gasteiger partial charge in [-0.15, -0.1) is 0 Å². The molecule has 0 saturated carbocycles. The average molecular weight is 279 g/mol. The summed E-state index contributed by atoms with van der Waals surface area (Å²) in [6.45, 7) is 2.06. The zero-order chi connectivity index (χ0) is 14.7. The van der Waals surface area contributed by atoms with Crippen molar-refractivity contribution in [3.63, 3.8) is 0 Å². The van der Waals surface area contributed by atoms with Crippen LogP contribution < -0.4 is 4.74 Å². The summed E-state index contributed by atoms with van der Waals surface area (Å²) in [4.78, 5) is 4.52. The minimum Gasteiger partial charge on any atom is -0.456 e. The second kappa shape index (κ2) is 5.94. The molecule has 0 amide bonds. The molecular weight excluding hydrogens is 262 g/mol. The maximum Gasteiger partial charge on any atom is 0.138 e. The molecule has 0 atom stereocenters. The van der Waals surface area contributed by atoms with E-state index in [4.69, 9.17) is 9.84 Å². The van der Waals surface area contributed by atoms with Gasteiger partial charge in [-0.3, -0.25) is 4.98 Å². The van der Waals surface area contributed by atoms with Crippen molar-refractivity contribution >= 4 is 10.9 Å². The number of aromatic nitrogens is 1. The van der Waals surface area contributed by atoms with Crippen LogP contribution in [-0.2, 0) is 6.42 Å². The topological polar surface area (TPSA) is 42.4 Å². The van der Waals surface area contributed by atoms with Gasteiger partial charge in [-0.25, -0.2) is 0 Å². The Balaban J connectivity index is 2.06. The number of ether oxygens (including phenoxy) is 1. The number of aryl methyl sites for hydroxylation is 1. The van der Waals surface area contributed by atoms with Gasteiger partial charge >= 0.3 is 0 Å². The lowest BCUT2D eigenvalue weighted by molar-refractivity contribution is 0.298. The van der Waals surface area contributed by atoms with Gasteiger partial charge in [0.1, 0.15) is 11.5 Å². The smallest absolute Gasteiger partial charge is 0.138 e. The van der Waals surface area contributed by atoms with Crippen LogP contribution in [-0.4, -0.2) is 16.7 Å². The third-order valence-corrected chi connectivity index (χ3v) is 3.38. The molecule has 0 aliphatic heterocycles. The van der Waals surface area contributed by atoms with Crippen LogP contribution in [0.3, 0.4) is 0 Å². The van der Waals surface area contributed by atoms with Gasteiger partial charge in [0.25, 0.3) is 0 Å². The van der Waals surface area contributed by atoms with Gasteiger partial charge in [-0.05, 0) is 37.1 Å². The molecule has 3 nitrogen and oxygen atoms in total. The highest BCUT2D eigenvalue weighted by atomic mass is 16.5. The number of nitrogens with zero attached hydrogens (tertiary/aromatic N) is 1. The number of aliphatic hydroxyl groups excluding tert-OH is 1. The van der Waals surface area contributed by atoms with Crippen LogP contribution in [0.1, 0.15) is 11.3 Å². The first-order valence-electron chi connectivity index (χ1n) is 7.01. The molecule has 0 saturated heterocycles. The van der Waals surface area contributed by atoms with Crippen LogP contribution in [0, 0.1) is 6.92 Å². The molecule has 1 N–H and O–H groups in total. The number of fused-ring (bicyclic) bond motifs is 1. The van der Waals surface area contributed by atoms with Crippen LogP contribution in [0.15, 0.2) is 54.6 Å². The second-order valence-corrected chi connectivity index (χ2v) is 4.96. The van der Waals surface area contributed by atoms with Gasteiger partial charge in [0.2, 0.25) is 0 Å². The number of hydrogen-bond acceptors (Lipinski definition) is 3. The van der Waals surface area contributed by atoms with E-state index in [0.29, 0.717) is 6.42 Å². The summed E-state index contributed by atoms with van der Waals surface area (Å²) in [5.41, 5.74) is 2.84. The molecule has 1 aromatic heterocycles. The van der Waals surface area contributed by atoms with E-state index in [-0.39, 0.29) is 6.61 Å². The molecule has 3 heteroatoms. The summed E-state index contributed by atoms with van der Waals surface area (Å²) in [5.74, 6) is 1.57. The average Bonchev–Trinajstić information content (AvgIpc) is 2.49. The zero-order valence-corrected chi connectivity index (χ0v) is 11.9. The predicted molar refractivity (Wildman–Crippen MR) is 83.8 cm³/mol. The molecule has 2 aromatic carbocycles. The maximum absolute atomic E-state index is 9.16. The van der Waals surface area contributed by atoms with Crippen molar-refractivity contribution in [2.24, 2.45) is 0 Å². The van der Waals surface area contributed by atoms with Crippen molar-refractivity contribution in [2.45, 2.75) is 13.3 Å². The summed E-state index contributed by atoms with van der Waals surface area (Å²) in [7, 11) is 0. The number of rotatable bonds is 4. The van der Waals surface area contributed by atoms with E-state index < -0.39 is 0 Å². The van der Waals surface area contributed by atoms with Crippen LogP contribution in [0.4, 0.5) is 0 Å². The van der Waals surface area contributed by atoms with E-state index >= 15 is 0 Å². The maximum atomic E-state index is 9.16. The Bertz CT molecular complexity index is 768. The van der Waals surface area contributed by atoms with Crippen molar-refractivity contribution in [1.82, 2.24) is 4.98 Å². The van der Waals surface area contributed by atoms with Crippen LogP contribution >= 0.6 is 0 Å². The Labute approximate surface area is 123 Å². The Morgan fingerprint density at radius 2 is 1.76 bits per heavy atom. The van der Waals surface area contributed by atoms with E-state index in [9.17, 15) is 0 Å². The summed E-state index contributed by atoms with van der Waals surface area (Å²) in [6.07, 6.45) is 0.582. The SMILES string of the molecule is Cc1cc(Oc2ccccc2CCO)c2ccccc2n1. The molecule has 0 aliphatic rings. The molecular formula is C18H17NO2. The molecule has 21 heavy (non-hydrogen) atoms. The quantitative estimate of drug-likeness (QED) is 0.788. The first-order chi connectivity index (χ1) is 10.3. The highest BCUT2D eigenvalue weighted by Gasteiger charge is 2.08. The summed E-state index contributed by atoms with van der Waals surface area (Å²) >= 11 is 0. The molecule has 0 unspecified atom stereocenters. The van der Waals surface area contributed by atoms with E-state index in [1.54, 1.807) is 0 Å². The molecule has 0 radical (unpaired) electrons. The van der Waals surface area contributed by atoms with E-state index in [1.807, 2.05) is 61.5 Å². The lowest BCUT2D eigenvalue weighted by Gasteiger charge is -2.13. The van der Waals surface area contributed by atoms with Crippen molar-refractivity contribution < 1.29 is 9.84 Å². The lowest BCUT2D eigenvalue weighted by Crippen LogP contribution is -1.96. The molecule has 0 aliphatic carbocycles. The molecule has 0 bridgehead atoms. The number of pyridine rings is 1. The largest absolute Gasteiger partial charge is 0.456 e. The predicted octanol–water partition coefficient (Wildman–Crippen LogP) is 3.87. The normalized spacial score (nSPS) is 10.8. The number of hydrogen-bond donors (Lipinski definition) is 1. The molecule has 1 heterocycles. The third kappa shape index (κ3) is 2.88. The summed E-state index contributed by atoms with van der Waals surface area (Å²) in [5, 5.41) is 10.1. The Morgan fingerprint density at radius 3 is 2.62 bits per heavy atom. The Morgan fingerprint density at radius 1 is 1.00 bits per heavy atom. The van der Waals surface area contributed by atoms with E-state index in [1.165, 1.54) is 0 Å². The minimum atomic E-state index is 0.108. The van der Waals surface area contributed by atoms with Crippen molar-refractivity contribution in [1.29, 1.82) is 0 Å². The van der Waals surface area contributed by atoms with Gasteiger partial charge in [-0.1, -0.05) is 30.3 Å². The Hall–Kier alpha value is -2.39. The zero-order valence-electron chi connectivity index (χ0n) is 11.9. The second-order valence-electron chi connectivity index (χ2n) is 4.96. The minimum absolute atomic E-state index is 0.108. The van der Waals surface area contributed by atoms with Gasteiger partial charge in [0.05, 0.1) is 5.52 Å². The van der Waals surface area contributed by atoms with Crippen LogP contribution in [0.5, 0.6) is 11.5 Å². The van der Waals surface area contributed by atoms with Gasteiger partial charge < -0.3 is 9.84 Å².